The van der Waals surface area contributed by atoms with Gasteiger partial charge in [-0.3, -0.25) is 4.79 Å². The lowest BCUT2D eigenvalue weighted by Gasteiger charge is -2.22. The van der Waals surface area contributed by atoms with Crippen molar-refractivity contribution in [1.29, 1.82) is 0 Å². The molecular weight excluding hydrogens is 288 g/mol. The second kappa shape index (κ2) is 6.25. The molecule has 5 nitrogen and oxygen atoms in total. The minimum Gasteiger partial charge on any atom is -0.464 e. The van der Waals surface area contributed by atoms with Crippen LogP contribution in [0.25, 0.3) is 0 Å². The first kappa shape index (κ1) is 14.1. The van der Waals surface area contributed by atoms with Crippen LogP contribution in [0, 0.1) is 0 Å². The van der Waals surface area contributed by atoms with Crippen LogP contribution in [0.3, 0.4) is 0 Å². The highest BCUT2D eigenvalue weighted by Gasteiger charge is 2.36. The highest BCUT2D eigenvalue weighted by atomic mass is 35.5. The van der Waals surface area contributed by atoms with Crippen LogP contribution in [0.15, 0.2) is 18.3 Å². The van der Waals surface area contributed by atoms with Crippen LogP contribution < -0.4 is 0 Å². The lowest BCUT2D eigenvalue weighted by molar-refractivity contribution is -0.147. The zero-order chi connectivity index (χ0) is 13.8. The largest absolute Gasteiger partial charge is 0.464 e. The number of halogens is 1. The van der Waals surface area contributed by atoms with Crippen molar-refractivity contribution >= 4 is 35.2 Å². The summed E-state index contributed by atoms with van der Waals surface area (Å²) in [7, 11) is 0. The first-order chi connectivity index (χ1) is 9.15. The average Bonchev–Trinajstić information content (AvgIpc) is 2.88. The third-order valence-electron chi connectivity index (χ3n) is 2.69. The summed E-state index contributed by atoms with van der Waals surface area (Å²) in [5.41, 5.74) is 0.306. The van der Waals surface area contributed by atoms with Crippen LogP contribution in [0.1, 0.15) is 17.3 Å². The number of hydrogen-bond donors (Lipinski definition) is 0. The van der Waals surface area contributed by atoms with E-state index >= 15 is 0 Å². The molecule has 1 aliphatic heterocycles. The number of rotatable bonds is 3. The Balaban J connectivity index is 2.19. The van der Waals surface area contributed by atoms with E-state index in [1.807, 2.05) is 0 Å². The van der Waals surface area contributed by atoms with Gasteiger partial charge in [-0.25, -0.2) is 9.78 Å². The lowest BCUT2D eigenvalue weighted by Crippen LogP contribution is -2.42. The SMILES string of the molecule is CCOC(=O)C1CSCN1C(=O)c1cccnc1Cl. The normalized spacial score (nSPS) is 18.4. The number of hydrogen-bond acceptors (Lipinski definition) is 5. The van der Waals surface area contributed by atoms with Gasteiger partial charge in [0.05, 0.1) is 18.0 Å². The fourth-order valence-corrected chi connectivity index (χ4v) is 3.12. The van der Waals surface area contributed by atoms with Crippen LogP contribution in [-0.4, -0.2) is 46.0 Å². The number of esters is 1. The summed E-state index contributed by atoms with van der Waals surface area (Å²) in [5.74, 6) is 0.331. The Morgan fingerprint density at radius 1 is 1.63 bits per heavy atom. The first-order valence-electron chi connectivity index (χ1n) is 5.81. The second-order valence-electron chi connectivity index (χ2n) is 3.88. The number of pyridine rings is 1. The van der Waals surface area contributed by atoms with Crippen molar-refractivity contribution < 1.29 is 14.3 Å². The molecule has 1 unspecified atom stereocenters. The van der Waals surface area contributed by atoms with Crippen LogP contribution in [-0.2, 0) is 9.53 Å². The molecular formula is C12H13ClN2O3S. The molecule has 19 heavy (non-hydrogen) atoms. The molecule has 1 aromatic rings. The Kier molecular flexibility index (Phi) is 4.66. The number of thioether (sulfide) groups is 1. The quantitative estimate of drug-likeness (QED) is 0.629. The Labute approximate surface area is 120 Å². The lowest BCUT2D eigenvalue weighted by atomic mass is 10.2. The van der Waals surface area contributed by atoms with Gasteiger partial charge < -0.3 is 9.64 Å². The van der Waals surface area contributed by atoms with Gasteiger partial charge in [0.2, 0.25) is 0 Å². The van der Waals surface area contributed by atoms with Crippen LogP contribution in [0.5, 0.6) is 0 Å². The molecule has 1 saturated heterocycles. The number of ether oxygens (including phenoxy) is 1. The molecule has 2 rings (SSSR count). The smallest absolute Gasteiger partial charge is 0.329 e. The Morgan fingerprint density at radius 3 is 3.11 bits per heavy atom. The molecule has 0 saturated carbocycles. The third kappa shape index (κ3) is 3.01. The summed E-state index contributed by atoms with van der Waals surface area (Å²) in [4.78, 5) is 29.5. The molecule has 0 bridgehead atoms. The number of amides is 1. The van der Waals surface area contributed by atoms with Crippen molar-refractivity contribution in [2.24, 2.45) is 0 Å². The molecule has 0 aromatic carbocycles. The van der Waals surface area contributed by atoms with Crippen molar-refractivity contribution in [3.63, 3.8) is 0 Å². The molecule has 1 aliphatic rings. The summed E-state index contributed by atoms with van der Waals surface area (Å²) in [5, 5.41) is 0.145. The summed E-state index contributed by atoms with van der Waals surface area (Å²) in [6.45, 7) is 2.04. The number of carbonyl (C=O) groups is 2. The van der Waals surface area contributed by atoms with E-state index in [0.717, 1.165) is 0 Å². The zero-order valence-electron chi connectivity index (χ0n) is 10.3. The van der Waals surface area contributed by atoms with Crippen molar-refractivity contribution in [3.05, 3.63) is 29.0 Å². The van der Waals surface area contributed by atoms with E-state index in [1.165, 1.54) is 22.9 Å². The summed E-state index contributed by atoms with van der Waals surface area (Å²) < 4.78 is 4.98. The maximum atomic E-state index is 12.4. The monoisotopic (exact) mass is 300 g/mol. The van der Waals surface area contributed by atoms with Crippen LogP contribution in [0.4, 0.5) is 0 Å². The van der Waals surface area contributed by atoms with E-state index in [0.29, 0.717) is 23.8 Å². The van der Waals surface area contributed by atoms with Crippen LogP contribution >= 0.6 is 23.4 Å². The van der Waals surface area contributed by atoms with Gasteiger partial charge in [-0.15, -0.1) is 11.8 Å². The summed E-state index contributed by atoms with van der Waals surface area (Å²) in [6, 6.07) is 2.69. The Morgan fingerprint density at radius 2 is 2.42 bits per heavy atom. The van der Waals surface area contributed by atoms with E-state index in [4.69, 9.17) is 16.3 Å². The van der Waals surface area contributed by atoms with Gasteiger partial charge in [-0.1, -0.05) is 11.6 Å². The van der Waals surface area contributed by atoms with Crippen molar-refractivity contribution in [2.45, 2.75) is 13.0 Å². The number of carbonyl (C=O) groups excluding carboxylic acids is 2. The molecule has 0 N–H and O–H groups in total. The topological polar surface area (TPSA) is 59.5 Å². The molecule has 0 aliphatic carbocycles. The van der Waals surface area contributed by atoms with E-state index < -0.39 is 6.04 Å². The second-order valence-corrected chi connectivity index (χ2v) is 5.24. The molecule has 7 heteroatoms. The average molecular weight is 301 g/mol. The minimum atomic E-state index is -0.547. The maximum Gasteiger partial charge on any atom is 0.329 e. The van der Waals surface area contributed by atoms with Gasteiger partial charge in [0.15, 0.2) is 0 Å². The molecule has 1 aromatic heterocycles. The van der Waals surface area contributed by atoms with E-state index in [-0.39, 0.29) is 17.0 Å². The summed E-state index contributed by atoms with van der Waals surface area (Å²) >= 11 is 7.42. The predicted molar refractivity (Wildman–Crippen MR) is 73.2 cm³/mol. The number of nitrogens with zero attached hydrogens (tertiary/aromatic N) is 2. The highest BCUT2D eigenvalue weighted by molar-refractivity contribution is 7.99. The van der Waals surface area contributed by atoms with Gasteiger partial charge >= 0.3 is 5.97 Å². The van der Waals surface area contributed by atoms with Gasteiger partial charge in [0, 0.05) is 11.9 Å². The third-order valence-corrected chi connectivity index (χ3v) is 4.00. The van der Waals surface area contributed by atoms with Crippen molar-refractivity contribution in [3.8, 4) is 0 Å². The fraction of sp³-hybridized carbons (Fsp3) is 0.417. The van der Waals surface area contributed by atoms with Crippen molar-refractivity contribution in [2.75, 3.05) is 18.2 Å². The molecule has 0 radical (unpaired) electrons. The first-order valence-corrected chi connectivity index (χ1v) is 7.34. The molecule has 1 fully saturated rings. The highest BCUT2D eigenvalue weighted by Crippen LogP contribution is 2.25. The minimum absolute atomic E-state index is 0.145. The Hall–Kier alpha value is -1.27. The van der Waals surface area contributed by atoms with E-state index in [2.05, 4.69) is 4.98 Å². The molecule has 1 atom stereocenters. The van der Waals surface area contributed by atoms with Gasteiger partial charge in [-0.05, 0) is 19.1 Å². The molecule has 2 heterocycles. The predicted octanol–water partition coefficient (Wildman–Crippen LogP) is 1.81. The van der Waals surface area contributed by atoms with E-state index in [9.17, 15) is 9.59 Å². The maximum absolute atomic E-state index is 12.4. The molecule has 1 amide bonds. The zero-order valence-corrected chi connectivity index (χ0v) is 11.9. The summed E-state index contributed by atoms with van der Waals surface area (Å²) in [6.07, 6.45) is 1.51. The standard InChI is InChI=1S/C12H13ClN2O3S/c1-2-18-12(17)9-6-19-7-15(9)11(16)8-4-3-5-14-10(8)13/h3-5,9H,2,6-7H2,1H3. The van der Waals surface area contributed by atoms with Crippen molar-refractivity contribution in [1.82, 2.24) is 9.88 Å². The fourth-order valence-electron chi connectivity index (χ4n) is 1.78. The van der Waals surface area contributed by atoms with E-state index in [1.54, 1.807) is 19.1 Å². The van der Waals surface area contributed by atoms with Crippen LogP contribution in [0.2, 0.25) is 5.15 Å². The number of aromatic nitrogens is 1. The molecule has 102 valence electrons. The van der Waals surface area contributed by atoms with Gasteiger partial charge in [0.25, 0.3) is 5.91 Å². The molecule has 0 spiro atoms. The Bertz CT molecular complexity index is 498. The van der Waals surface area contributed by atoms with Gasteiger partial charge in [0.1, 0.15) is 11.2 Å². The van der Waals surface area contributed by atoms with Gasteiger partial charge in [-0.2, -0.15) is 0 Å².